The molecule has 0 saturated carbocycles. The first kappa shape index (κ1) is 13.0. The van der Waals surface area contributed by atoms with Crippen LogP contribution in [0.3, 0.4) is 0 Å². The number of nitrogen functional groups attached to an aromatic ring is 1. The molecule has 0 aliphatic heterocycles. The predicted octanol–water partition coefficient (Wildman–Crippen LogP) is 2.23. The molecule has 16 heavy (non-hydrogen) atoms. The van der Waals surface area contributed by atoms with Crippen molar-refractivity contribution in [2.45, 2.75) is 40.2 Å². The second kappa shape index (κ2) is 5.30. The van der Waals surface area contributed by atoms with Crippen molar-refractivity contribution in [3.63, 3.8) is 0 Å². The summed E-state index contributed by atoms with van der Waals surface area (Å²) < 4.78 is 0. The zero-order chi connectivity index (χ0) is 12.2. The first-order valence-corrected chi connectivity index (χ1v) is 5.88. The lowest BCUT2D eigenvalue weighted by atomic mass is 9.83. The Morgan fingerprint density at radius 3 is 2.62 bits per heavy atom. The van der Waals surface area contributed by atoms with Gasteiger partial charge in [-0.3, -0.25) is 0 Å². The Morgan fingerprint density at radius 2 is 2.12 bits per heavy atom. The first-order valence-electron chi connectivity index (χ1n) is 5.88. The van der Waals surface area contributed by atoms with Crippen LogP contribution in [0.2, 0.25) is 0 Å². The zero-order valence-electron chi connectivity index (χ0n) is 10.7. The van der Waals surface area contributed by atoms with Crippen LogP contribution in [0.5, 0.6) is 0 Å². The summed E-state index contributed by atoms with van der Waals surface area (Å²) >= 11 is 0. The van der Waals surface area contributed by atoms with Crippen LogP contribution < -0.4 is 11.1 Å². The molecule has 90 valence electrons. The molecule has 1 aromatic heterocycles. The van der Waals surface area contributed by atoms with Gasteiger partial charge in [-0.1, -0.05) is 33.8 Å². The van der Waals surface area contributed by atoms with Crippen molar-refractivity contribution in [1.29, 1.82) is 0 Å². The lowest BCUT2D eigenvalue weighted by molar-refractivity contribution is 0.270. The summed E-state index contributed by atoms with van der Waals surface area (Å²) in [5.74, 6) is 0.648. The second-order valence-corrected chi connectivity index (χ2v) is 5.23. The molecular weight excluding hydrogens is 198 g/mol. The van der Waals surface area contributed by atoms with E-state index in [9.17, 15) is 0 Å². The fourth-order valence-electron chi connectivity index (χ4n) is 1.77. The van der Waals surface area contributed by atoms with Crippen LogP contribution in [0.15, 0.2) is 18.3 Å². The van der Waals surface area contributed by atoms with Gasteiger partial charge in [-0.25, -0.2) is 4.98 Å². The van der Waals surface area contributed by atoms with Gasteiger partial charge in [0.2, 0.25) is 0 Å². The number of nitrogens with zero attached hydrogens (tertiary/aromatic N) is 1. The molecule has 0 aliphatic rings. The lowest BCUT2D eigenvalue weighted by Gasteiger charge is -2.31. The number of anilines is 1. The van der Waals surface area contributed by atoms with Crippen molar-refractivity contribution < 1.29 is 0 Å². The second-order valence-electron chi connectivity index (χ2n) is 5.23. The van der Waals surface area contributed by atoms with Crippen LogP contribution >= 0.6 is 0 Å². The van der Waals surface area contributed by atoms with Crippen molar-refractivity contribution >= 4 is 5.82 Å². The molecule has 1 aromatic rings. The van der Waals surface area contributed by atoms with Crippen molar-refractivity contribution in [2.24, 2.45) is 5.41 Å². The number of likely N-dealkylation sites (N-methyl/N-ethyl adjacent to an activating group) is 1. The maximum absolute atomic E-state index is 5.87. The highest BCUT2D eigenvalue weighted by atomic mass is 14.9. The minimum atomic E-state index is 0.221. The van der Waals surface area contributed by atoms with Gasteiger partial charge in [0.15, 0.2) is 0 Å². The third-order valence-corrected chi connectivity index (χ3v) is 2.85. The molecule has 0 spiro atoms. The van der Waals surface area contributed by atoms with Crippen LogP contribution in [0, 0.1) is 5.41 Å². The van der Waals surface area contributed by atoms with E-state index in [1.54, 1.807) is 6.20 Å². The standard InChI is InChI=1S/C13H23N3/c1-5-15-11(13(2,3)4)9-10-7-6-8-16-12(10)14/h6-8,11,15H,5,9H2,1-4H3,(H2,14,16). The molecule has 1 atom stereocenters. The molecule has 0 amide bonds. The van der Waals surface area contributed by atoms with Gasteiger partial charge in [0.05, 0.1) is 0 Å². The average Bonchev–Trinajstić information content (AvgIpc) is 2.19. The molecule has 0 aromatic carbocycles. The minimum Gasteiger partial charge on any atom is -0.383 e. The molecule has 0 radical (unpaired) electrons. The Hall–Kier alpha value is -1.09. The summed E-state index contributed by atoms with van der Waals surface area (Å²) in [7, 11) is 0. The van der Waals surface area contributed by atoms with Crippen molar-refractivity contribution in [3.05, 3.63) is 23.9 Å². The first-order chi connectivity index (χ1) is 7.45. The maximum atomic E-state index is 5.87. The fraction of sp³-hybridized carbons (Fsp3) is 0.615. The fourth-order valence-corrected chi connectivity index (χ4v) is 1.77. The van der Waals surface area contributed by atoms with Crippen molar-refractivity contribution in [1.82, 2.24) is 10.3 Å². The van der Waals surface area contributed by atoms with Crippen LogP contribution in [0.25, 0.3) is 0 Å². The number of aromatic nitrogens is 1. The summed E-state index contributed by atoms with van der Waals surface area (Å²) in [4.78, 5) is 4.12. The summed E-state index contributed by atoms with van der Waals surface area (Å²) in [6.07, 6.45) is 2.66. The molecule has 3 heteroatoms. The highest BCUT2D eigenvalue weighted by molar-refractivity contribution is 5.39. The van der Waals surface area contributed by atoms with Gasteiger partial charge in [0, 0.05) is 12.2 Å². The van der Waals surface area contributed by atoms with Crippen molar-refractivity contribution in [2.75, 3.05) is 12.3 Å². The Bertz CT molecular complexity index is 328. The summed E-state index contributed by atoms with van der Waals surface area (Å²) in [5, 5.41) is 3.51. The van der Waals surface area contributed by atoms with Gasteiger partial charge < -0.3 is 11.1 Å². The average molecular weight is 221 g/mol. The molecule has 3 nitrogen and oxygen atoms in total. The third-order valence-electron chi connectivity index (χ3n) is 2.85. The minimum absolute atomic E-state index is 0.221. The van der Waals surface area contributed by atoms with E-state index in [0.717, 1.165) is 18.5 Å². The monoisotopic (exact) mass is 221 g/mol. The largest absolute Gasteiger partial charge is 0.383 e. The number of pyridine rings is 1. The van der Waals surface area contributed by atoms with Gasteiger partial charge in [0.25, 0.3) is 0 Å². The number of nitrogens with one attached hydrogen (secondary N) is 1. The number of hydrogen-bond acceptors (Lipinski definition) is 3. The Kier molecular flexibility index (Phi) is 4.30. The molecule has 0 fully saturated rings. The van der Waals surface area contributed by atoms with E-state index in [0.29, 0.717) is 11.9 Å². The molecule has 1 unspecified atom stereocenters. The normalized spacial score (nSPS) is 13.8. The molecule has 0 saturated heterocycles. The van der Waals surface area contributed by atoms with Gasteiger partial charge in [-0.15, -0.1) is 0 Å². The van der Waals surface area contributed by atoms with E-state index in [1.165, 1.54) is 0 Å². The van der Waals surface area contributed by atoms with Crippen molar-refractivity contribution in [3.8, 4) is 0 Å². The topological polar surface area (TPSA) is 50.9 Å². The van der Waals surface area contributed by atoms with Gasteiger partial charge >= 0.3 is 0 Å². The molecule has 1 rings (SSSR count). The van der Waals surface area contributed by atoms with E-state index in [2.05, 4.69) is 44.1 Å². The predicted molar refractivity (Wildman–Crippen MR) is 69.3 cm³/mol. The number of rotatable bonds is 4. The van der Waals surface area contributed by atoms with Crippen LogP contribution in [0.4, 0.5) is 5.82 Å². The van der Waals surface area contributed by atoms with E-state index in [4.69, 9.17) is 5.73 Å². The molecule has 3 N–H and O–H groups in total. The SMILES string of the molecule is CCNC(Cc1cccnc1N)C(C)(C)C. The summed E-state index contributed by atoms with van der Waals surface area (Å²) in [6, 6.07) is 4.42. The summed E-state index contributed by atoms with van der Waals surface area (Å²) in [6.45, 7) is 9.83. The summed E-state index contributed by atoms with van der Waals surface area (Å²) in [5.41, 5.74) is 7.22. The third kappa shape index (κ3) is 3.49. The lowest BCUT2D eigenvalue weighted by Crippen LogP contribution is -2.42. The van der Waals surface area contributed by atoms with E-state index < -0.39 is 0 Å². The Morgan fingerprint density at radius 1 is 1.44 bits per heavy atom. The molecule has 1 heterocycles. The van der Waals surface area contributed by atoms with E-state index >= 15 is 0 Å². The molecular formula is C13H23N3. The van der Waals surface area contributed by atoms with Crippen LogP contribution in [-0.4, -0.2) is 17.6 Å². The molecule has 0 aliphatic carbocycles. The zero-order valence-corrected chi connectivity index (χ0v) is 10.7. The van der Waals surface area contributed by atoms with Gasteiger partial charge in [-0.2, -0.15) is 0 Å². The maximum Gasteiger partial charge on any atom is 0.126 e. The number of nitrogens with two attached hydrogens (primary N) is 1. The highest BCUT2D eigenvalue weighted by Gasteiger charge is 2.24. The van der Waals surface area contributed by atoms with Crippen LogP contribution in [-0.2, 0) is 6.42 Å². The highest BCUT2D eigenvalue weighted by Crippen LogP contribution is 2.23. The quantitative estimate of drug-likeness (QED) is 0.819. The Labute approximate surface area is 98.5 Å². The van der Waals surface area contributed by atoms with E-state index in [-0.39, 0.29) is 5.41 Å². The Balaban J connectivity index is 2.80. The van der Waals surface area contributed by atoms with Crippen LogP contribution in [0.1, 0.15) is 33.3 Å². The number of hydrogen-bond donors (Lipinski definition) is 2. The van der Waals surface area contributed by atoms with E-state index in [1.807, 2.05) is 6.07 Å². The smallest absolute Gasteiger partial charge is 0.126 e. The van der Waals surface area contributed by atoms with Gasteiger partial charge in [0.1, 0.15) is 5.82 Å². The molecule has 0 bridgehead atoms. The van der Waals surface area contributed by atoms with Gasteiger partial charge in [-0.05, 0) is 30.0 Å².